The van der Waals surface area contributed by atoms with E-state index in [0.29, 0.717) is 11.1 Å². The van der Waals surface area contributed by atoms with Crippen LogP contribution < -0.4 is 0 Å². The van der Waals surface area contributed by atoms with Gasteiger partial charge in [0.05, 0.1) is 0 Å². The Labute approximate surface area is 126 Å². The highest BCUT2D eigenvalue weighted by Gasteiger charge is 1.98. The van der Waals surface area contributed by atoms with E-state index in [2.05, 4.69) is 0 Å². The maximum Gasteiger partial charge on any atom is 0.178 e. The molecule has 5 heteroatoms. The molecule has 22 heavy (non-hydrogen) atoms. The first kappa shape index (κ1) is 15.2. The SMILES string of the molecule is O=C(/C=C/c1cc(O)cc(O)c1)/C=C/c1cc(O)cc(O)c1. The molecule has 0 fully saturated rings. The van der Waals surface area contributed by atoms with Gasteiger partial charge in [0.1, 0.15) is 23.0 Å². The summed E-state index contributed by atoms with van der Waals surface area (Å²) in [5.41, 5.74) is 0.962. The lowest BCUT2D eigenvalue weighted by atomic mass is 10.1. The molecule has 0 aliphatic carbocycles. The predicted molar refractivity (Wildman–Crippen MR) is 82.6 cm³/mol. The molecule has 0 aliphatic rings. The van der Waals surface area contributed by atoms with Crippen LogP contribution >= 0.6 is 0 Å². The third-order valence-corrected chi connectivity index (χ3v) is 2.73. The van der Waals surface area contributed by atoms with Crippen LogP contribution in [0.3, 0.4) is 0 Å². The normalized spacial score (nSPS) is 11.3. The van der Waals surface area contributed by atoms with E-state index in [1.54, 1.807) is 0 Å². The monoisotopic (exact) mass is 298 g/mol. The Morgan fingerprint density at radius 1 is 0.636 bits per heavy atom. The topological polar surface area (TPSA) is 98.0 Å². The Kier molecular flexibility index (Phi) is 4.48. The van der Waals surface area contributed by atoms with Gasteiger partial charge in [0, 0.05) is 12.1 Å². The lowest BCUT2D eigenvalue weighted by Crippen LogP contribution is -1.85. The van der Waals surface area contributed by atoms with Gasteiger partial charge < -0.3 is 20.4 Å². The molecule has 0 unspecified atom stereocenters. The van der Waals surface area contributed by atoms with Crippen molar-refractivity contribution in [1.29, 1.82) is 0 Å². The molecule has 0 aromatic heterocycles. The Bertz CT molecular complexity index is 656. The molecule has 0 atom stereocenters. The molecule has 0 heterocycles. The third-order valence-electron chi connectivity index (χ3n) is 2.73. The van der Waals surface area contributed by atoms with Crippen molar-refractivity contribution in [2.24, 2.45) is 0 Å². The number of hydrogen-bond donors (Lipinski definition) is 4. The number of rotatable bonds is 4. The standard InChI is InChI=1S/C17H14O5/c18-13(3-1-11-5-14(19)9-15(20)6-11)4-2-12-7-16(21)10-17(22)8-12/h1-10,19-22H/b3-1+,4-2+. The summed E-state index contributed by atoms with van der Waals surface area (Å²) in [5.74, 6) is -0.725. The average molecular weight is 298 g/mol. The van der Waals surface area contributed by atoms with E-state index < -0.39 is 0 Å². The molecule has 2 aromatic rings. The van der Waals surface area contributed by atoms with Crippen molar-refractivity contribution in [1.82, 2.24) is 0 Å². The van der Waals surface area contributed by atoms with Crippen LogP contribution in [0.25, 0.3) is 12.2 Å². The molecule has 0 spiro atoms. The fraction of sp³-hybridized carbons (Fsp3) is 0. The molecule has 0 saturated heterocycles. The van der Waals surface area contributed by atoms with Crippen molar-refractivity contribution in [3.63, 3.8) is 0 Å². The van der Waals surface area contributed by atoms with E-state index in [4.69, 9.17) is 0 Å². The van der Waals surface area contributed by atoms with Gasteiger partial charge >= 0.3 is 0 Å². The van der Waals surface area contributed by atoms with E-state index in [1.165, 1.54) is 60.7 Å². The van der Waals surface area contributed by atoms with Crippen LogP contribution in [0.15, 0.2) is 48.6 Å². The molecule has 0 amide bonds. The largest absolute Gasteiger partial charge is 0.508 e. The maximum atomic E-state index is 11.7. The minimum atomic E-state index is -0.328. The fourth-order valence-electron chi connectivity index (χ4n) is 1.84. The van der Waals surface area contributed by atoms with Crippen molar-refractivity contribution in [2.75, 3.05) is 0 Å². The van der Waals surface area contributed by atoms with E-state index in [1.807, 2.05) is 0 Å². The number of phenolic OH excluding ortho intramolecular Hbond substituents is 4. The first-order valence-corrected chi connectivity index (χ1v) is 6.38. The molecular formula is C17H14O5. The molecule has 5 nitrogen and oxygen atoms in total. The summed E-state index contributed by atoms with van der Waals surface area (Å²) < 4.78 is 0. The molecule has 112 valence electrons. The van der Waals surface area contributed by atoms with Gasteiger partial charge in [0.15, 0.2) is 5.78 Å². The second-order valence-electron chi connectivity index (χ2n) is 4.63. The Morgan fingerprint density at radius 2 is 0.955 bits per heavy atom. The van der Waals surface area contributed by atoms with Crippen LogP contribution in [0.5, 0.6) is 23.0 Å². The minimum Gasteiger partial charge on any atom is -0.508 e. The minimum absolute atomic E-state index is 0.0992. The van der Waals surface area contributed by atoms with Gasteiger partial charge in [-0.1, -0.05) is 12.2 Å². The summed E-state index contributed by atoms with van der Waals surface area (Å²) in [7, 11) is 0. The van der Waals surface area contributed by atoms with Crippen LogP contribution in [0.1, 0.15) is 11.1 Å². The third kappa shape index (κ3) is 4.42. The number of allylic oxidation sites excluding steroid dienone is 2. The Morgan fingerprint density at radius 3 is 1.27 bits per heavy atom. The maximum absolute atomic E-state index is 11.7. The zero-order valence-corrected chi connectivity index (χ0v) is 11.5. The number of phenols is 4. The quantitative estimate of drug-likeness (QED) is 0.651. The van der Waals surface area contributed by atoms with Crippen LogP contribution in [-0.2, 0) is 4.79 Å². The van der Waals surface area contributed by atoms with Gasteiger partial charge in [-0.2, -0.15) is 0 Å². The number of ketones is 1. The first-order valence-electron chi connectivity index (χ1n) is 6.38. The number of benzene rings is 2. The molecule has 4 N–H and O–H groups in total. The van der Waals surface area contributed by atoms with Crippen molar-refractivity contribution < 1.29 is 25.2 Å². The summed E-state index contributed by atoms with van der Waals surface area (Å²) >= 11 is 0. The molecule has 0 bridgehead atoms. The van der Waals surface area contributed by atoms with Crippen molar-refractivity contribution in [2.45, 2.75) is 0 Å². The van der Waals surface area contributed by atoms with Gasteiger partial charge in [0.2, 0.25) is 0 Å². The van der Waals surface area contributed by atoms with E-state index in [9.17, 15) is 25.2 Å². The van der Waals surface area contributed by atoms with E-state index in [-0.39, 0.29) is 28.8 Å². The van der Waals surface area contributed by atoms with Crippen LogP contribution in [0, 0.1) is 0 Å². The van der Waals surface area contributed by atoms with Crippen molar-refractivity contribution in [3.8, 4) is 23.0 Å². The van der Waals surface area contributed by atoms with Crippen LogP contribution in [0.2, 0.25) is 0 Å². The molecule has 0 aliphatic heterocycles. The smallest absolute Gasteiger partial charge is 0.178 e. The molecule has 2 rings (SSSR count). The summed E-state index contributed by atoms with van der Waals surface area (Å²) in [6.07, 6.45) is 5.44. The lowest BCUT2D eigenvalue weighted by molar-refractivity contribution is -0.110. The zero-order valence-electron chi connectivity index (χ0n) is 11.5. The van der Waals surface area contributed by atoms with Crippen molar-refractivity contribution >= 4 is 17.9 Å². The summed E-state index contributed by atoms with van der Waals surface area (Å²) in [4.78, 5) is 11.7. The molecular weight excluding hydrogens is 284 g/mol. The van der Waals surface area contributed by atoms with Crippen LogP contribution in [0.4, 0.5) is 0 Å². The zero-order chi connectivity index (χ0) is 16.1. The van der Waals surface area contributed by atoms with E-state index >= 15 is 0 Å². The van der Waals surface area contributed by atoms with Gasteiger partial charge in [-0.25, -0.2) is 0 Å². The second kappa shape index (κ2) is 6.49. The average Bonchev–Trinajstić information content (AvgIpc) is 2.41. The highest BCUT2D eigenvalue weighted by atomic mass is 16.3. The summed E-state index contributed by atoms with van der Waals surface area (Å²) in [6, 6.07) is 7.99. The van der Waals surface area contributed by atoms with Gasteiger partial charge in [-0.3, -0.25) is 4.79 Å². The second-order valence-corrected chi connectivity index (χ2v) is 4.63. The highest BCUT2D eigenvalue weighted by Crippen LogP contribution is 2.22. The number of carbonyl (C=O) groups excluding carboxylic acids is 1. The lowest BCUT2D eigenvalue weighted by Gasteiger charge is -1.98. The first-order chi connectivity index (χ1) is 10.4. The predicted octanol–water partition coefficient (Wildman–Crippen LogP) is 2.80. The van der Waals surface area contributed by atoms with Crippen molar-refractivity contribution in [3.05, 3.63) is 59.7 Å². The van der Waals surface area contributed by atoms with Gasteiger partial charge in [0.25, 0.3) is 0 Å². The number of carbonyl (C=O) groups is 1. The van der Waals surface area contributed by atoms with Gasteiger partial charge in [-0.15, -0.1) is 0 Å². The van der Waals surface area contributed by atoms with Crippen LogP contribution in [-0.4, -0.2) is 26.2 Å². The molecule has 0 saturated carbocycles. The fourth-order valence-corrected chi connectivity index (χ4v) is 1.84. The summed E-state index contributed by atoms with van der Waals surface area (Å²) in [5, 5.41) is 37.3. The number of hydrogen-bond acceptors (Lipinski definition) is 5. The summed E-state index contributed by atoms with van der Waals surface area (Å²) in [6.45, 7) is 0. The Hall–Kier alpha value is -3.21. The molecule has 0 radical (unpaired) electrons. The van der Waals surface area contributed by atoms with Gasteiger partial charge in [-0.05, 0) is 47.5 Å². The number of aromatic hydroxyl groups is 4. The molecule has 2 aromatic carbocycles. The Balaban J connectivity index is 2.08. The highest BCUT2D eigenvalue weighted by molar-refractivity contribution is 6.04. The van der Waals surface area contributed by atoms with E-state index in [0.717, 1.165) is 0 Å².